The van der Waals surface area contributed by atoms with Gasteiger partial charge in [0.15, 0.2) is 5.78 Å². The molecule has 6 nitrogen and oxygen atoms in total. The maximum Gasteiger partial charge on any atom is 0.329 e. The highest BCUT2D eigenvalue weighted by atomic mass is 16.5. The molecule has 0 bridgehead atoms. The number of amides is 1. The number of hydrogen-bond acceptors (Lipinski definition) is 4. The van der Waals surface area contributed by atoms with Crippen LogP contribution in [0.25, 0.3) is 0 Å². The molecule has 6 heteroatoms. The first-order chi connectivity index (χ1) is 7.06. The summed E-state index contributed by atoms with van der Waals surface area (Å²) in [4.78, 5) is 31.9. The van der Waals surface area contributed by atoms with Crippen LogP contribution in [-0.4, -0.2) is 42.5 Å². The molecule has 0 radical (unpaired) electrons. The van der Waals surface area contributed by atoms with E-state index in [0.29, 0.717) is 6.42 Å². The summed E-state index contributed by atoms with van der Waals surface area (Å²) in [5.41, 5.74) is 0. The SMILES string of the molecule is CCC(=O)NCC(=O)CCOCC(=O)O. The highest BCUT2D eigenvalue weighted by molar-refractivity contribution is 5.85. The van der Waals surface area contributed by atoms with Crippen molar-refractivity contribution in [3.8, 4) is 0 Å². The third kappa shape index (κ3) is 8.89. The lowest BCUT2D eigenvalue weighted by atomic mass is 10.3. The molecule has 0 spiro atoms. The molecule has 0 saturated carbocycles. The van der Waals surface area contributed by atoms with Gasteiger partial charge in [-0.15, -0.1) is 0 Å². The minimum absolute atomic E-state index is 0.0247. The van der Waals surface area contributed by atoms with E-state index in [2.05, 4.69) is 10.1 Å². The van der Waals surface area contributed by atoms with Gasteiger partial charge in [0.1, 0.15) is 6.61 Å². The summed E-state index contributed by atoms with van der Waals surface area (Å²) in [6.07, 6.45) is 0.445. The number of carbonyl (C=O) groups is 3. The predicted molar refractivity (Wildman–Crippen MR) is 51.4 cm³/mol. The lowest BCUT2D eigenvalue weighted by Gasteiger charge is -2.03. The van der Waals surface area contributed by atoms with Gasteiger partial charge in [-0.1, -0.05) is 6.92 Å². The number of Topliss-reactive ketones (excluding diaryl/α,β-unsaturated/α-hetero) is 1. The number of ketones is 1. The molecule has 0 heterocycles. The normalized spacial score (nSPS) is 9.67. The second-order valence-corrected chi connectivity index (χ2v) is 2.87. The number of carboxylic acids is 1. The first-order valence-electron chi connectivity index (χ1n) is 4.64. The summed E-state index contributed by atoms with van der Waals surface area (Å²) >= 11 is 0. The van der Waals surface area contributed by atoms with Crippen LogP contribution >= 0.6 is 0 Å². The zero-order valence-corrected chi connectivity index (χ0v) is 8.62. The highest BCUT2D eigenvalue weighted by Crippen LogP contribution is 1.85. The Balaban J connectivity index is 3.41. The number of nitrogens with one attached hydrogen (secondary N) is 1. The van der Waals surface area contributed by atoms with Crippen molar-refractivity contribution in [1.82, 2.24) is 5.32 Å². The Labute approximate surface area is 87.6 Å². The lowest BCUT2D eigenvalue weighted by Crippen LogP contribution is -2.29. The summed E-state index contributed by atoms with van der Waals surface area (Å²) in [5.74, 6) is -1.43. The molecule has 0 aromatic heterocycles. The van der Waals surface area contributed by atoms with Crippen molar-refractivity contribution in [2.24, 2.45) is 0 Å². The summed E-state index contributed by atoms with van der Waals surface area (Å²) in [7, 11) is 0. The Morgan fingerprint density at radius 1 is 1.33 bits per heavy atom. The largest absolute Gasteiger partial charge is 0.480 e. The molecule has 0 aliphatic carbocycles. The van der Waals surface area contributed by atoms with Gasteiger partial charge in [0.25, 0.3) is 0 Å². The van der Waals surface area contributed by atoms with Gasteiger partial charge in [-0.25, -0.2) is 4.79 Å². The van der Waals surface area contributed by atoms with Gasteiger partial charge >= 0.3 is 5.97 Å². The smallest absolute Gasteiger partial charge is 0.329 e. The average Bonchev–Trinajstić information content (AvgIpc) is 2.20. The minimum Gasteiger partial charge on any atom is -0.480 e. The van der Waals surface area contributed by atoms with Crippen molar-refractivity contribution >= 4 is 17.7 Å². The minimum atomic E-state index is -1.07. The topological polar surface area (TPSA) is 92.7 Å². The molecule has 1 amide bonds. The monoisotopic (exact) mass is 217 g/mol. The second kappa shape index (κ2) is 7.93. The Bertz CT molecular complexity index is 239. The molecule has 0 fully saturated rings. The molecule has 0 unspecified atom stereocenters. The van der Waals surface area contributed by atoms with Gasteiger partial charge in [0.2, 0.25) is 5.91 Å². The van der Waals surface area contributed by atoms with Crippen LogP contribution in [-0.2, 0) is 19.1 Å². The van der Waals surface area contributed by atoms with Crippen molar-refractivity contribution in [1.29, 1.82) is 0 Å². The maximum atomic E-state index is 11.1. The van der Waals surface area contributed by atoms with E-state index in [9.17, 15) is 14.4 Å². The Kier molecular flexibility index (Phi) is 7.17. The van der Waals surface area contributed by atoms with Crippen LogP contribution in [0.15, 0.2) is 0 Å². The van der Waals surface area contributed by atoms with Gasteiger partial charge in [-0.3, -0.25) is 9.59 Å². The average molecular weight is 217 g/mol. The van der Waals surface area contributed by atoms with Crippen molar-refractivity contribution in [2.45, 2.75) is 19.8 Å². The van der Waals surface area contributed by atoms with Crippen molar-refractivity contribution in [2.75, 3.05) is 19.8 Å². The number of rotatable bonds is 8. The zero-order valence-electron chi connectivity index (χ0n) is 8.62. The fourth-order valence-electron chi connectivity index (χ4n) is 0.756. The summed E-state index contributed by atoms with van der Waals surface area (Å²) < 4.78 is 4.67. The van der Waals surface area contributed by atoms with Crippen molar-refractivity contribution in [3.05, 3.63) is 0 Å². The third-order valence-electron chi connectivity index (χ3n) is 1.55. The summed E-state index contributed by atoms with van der Waals surface area (Å²) in [5, 5.41) is 10.6. The van der Waals surface area contributed by atoms with Crippen LogP contribution < -0.4 is 5.32 Å². The van der Waals surface area contributed by atoms with E-state index < -0.39 is 12.6 Å². The van der Waals surface area contributed by atoms with Crippen LogP contribution in [0, 0.1) is 0 Å². The van der Waals surface area contributed by atoms with Crippen LogP contribution in [0.5, 0.6) is 0 Å². The van der Waals surface area contributed by atoms with E-state index in [0.717, 1.165) is 0 Å². The first kappa shape index (κ1) is 13.6. The van der Waals surface area contributed by atoms with Crippen LogP contribution in [0.4, 0.5) is 0 Å². The molecule has 0 aromatic carbocycles. The molecule has 0 atom stereocenters. The molecular formula is C9H15NO5. The standard InChI is InChI=1S/C9H15NO5/c1-2-8(12)10-5-7(11)3-4-15-6-9(13)14/h2-6H2,1H3,(H,10,12)(H,13,14). The van der Waals surface area contributed by atoms with Gasteiger partial charge in [-0.2, -0.15) is 0 Å². The number of carbonyl (C=O) groups excluding carboxylic acids is 2. The van der Waals surface area contributed by atoms with Crippen molar-refractivity contribution in [3.63, 3.8) is 0 Å². The summed E-state index contributed by atoms with van der Waals surface area (Å²) in [6, 6.07) is 0. The molecule has 15 heavy (non-hydrogen) atoms. The summed E-state index contributed by atoms with van der Waals surface area (Å²) in [6.45, 7) is 1.32. The Hall–Kier alpha value is -1.43. The fourth-order valence-corrected chi connectivity index (χ4v) is 0.756. The highest BCUT2D eigenvalue weighted by Gasteiger charge is 2.04. The number of aliphatic carboxylic acids is 1. The van der Waals surface area contributed by atoms with Crippen LogP contribution in [0.3, 0.4) is 0 Å². The van der Waals surface area contributed by atoms with E-state index in [-0.39, 0.29) is 31.3 Å². The number of hydrogen-bond donors (Lipinski definition) is 2. The first-order valence-corrected chi connectivity index (χ1v) is 4.64. The molecular weight excluding hydrogens is 202 g/mol. The molecule has 0 aliphatic heterocycles. The maximum absolute atomic E-state index is 11.1. The molecule has 0 saturated heterocycles. The molecule has 0 aromatic rings. The fraction of sp³-hybridized carbons (Fsp3) is 0.667. The predicted octanol–water partition coefficient (Wildman–Crippen LogP) is -0.427. The van der Waals surface area contributed by atoms with Gasteiger partial charge in [-0.05, 0) is 0 Å². The Morgan fingerprint density at radius 2 is 2.00 bits per heavy atom. The molecule has 0 aliphatic rings. The molecule has 2 N–H and O–H groups in total. The zero-order chi connectivity index (χ0) is 11.7. The molecule has 0 rings (SSSR count). The van der Waals surface area contributed by atoms with Gasteiger partial charge in [0.05, 0.1) is 13.2 Å². The number of ether oxygens (including phenoxy) is 1. The van der Waals surface area contributed by atoms with E-state index in [1.54, 1.807) is 6.92 Å². The van der Waals surface area contributed by atoms with E-state index in [4.69, 9.17) is 5.11 Å². The van der Waals surface area contributed by atoms with Crippen LogP contribution in [0.1, 0.15) is 19.8 Å². The van der Waals surface area contributed by atoms with E-state index in [1.807, 2.05) is 0 Å². The Morgan fingerprint density at radius 3 is 2.53 bits per heavy atom. The van der Waals surface area contributed by atoms with Crippen molar-refractivity contribution < 1.29 is 24.2 Å². The van der Waals surface area contributed by atoms with Crippen LogP contribution in [0.2, 0.25) is 0 Å². The lowest BCUT2D eigenvalue weighted by molar-refractivity contribution is -0.142. The van der Waals surface area contributed by atoms with E-state index in [1.165, 1.54) is 0 Å². The third-order valence-corrected chi connectivity index (χ3v) is 1.55. The van der Waals surface area contributed by atoms with Gasteiger partial charge in [0, 0.05) is 12.8 Å². The quantitative estimate of drug-likeness (QED) is 0.538. The van der Waals surface area contributed by atoms with E-state index >= 15 is 0 Å². The van der Waals surface area contributed by atoms with Gasteiger partial charge < -0.3 is 15.2 Å². The molecule has 86 valence electrons. The number of carboxylic acid groups (broad SMARTS) is 1. The second-order valence-electron chi connectivity index (χ2n) is 2.87.